The van der Waals surface area contributed by atoms with Gasteiger partial charge in [-0.25, -0.2) is 14.4 Å². The number of hydrogen-bond acceptors (Lipinski definition) is 9. The Morgan fingerprint density at radius 3 is 2.51 bits per heavy atom. The van der Waals surface area contributed by atoms with Crippen molar-refractivity contribution in [1.29, 1.82) is 5.26 Å². The van der Waals surface area contributed by atoms with Crippen LogP contribution in [0.15, 0.2) is 24.4 Å². The number of nitrogens with zero attached hydrogens (tertiary/aromatic N) is 3. The van der Waals surface area contributed by atoms with E-state index in [1.807, 2.05) is 13.0 Å². The van der Waals surface area contributed by atoms with Gasteiger partial charge < -0.3 is 30.2 Å². The second-order valence-electron chi connectivity index (χ2n) is 10.8. The molecule has 0 spiro atoms. The lowest BCUT2D eigenvalue weighted by molar-refractivity contribution is -0.139. The lowest BCUT2D eigenvalue weighted by Crippen LogP contribution is -2.45. The Balaban J connectivity index is 1.20. The lowest BCUT2D eigenvalue weighted by atomic mass is 9.82. The summed E-state index contributed by atoms with van der Waals surface area (Å²) in [4.78, 5) is 8.99. The minimum atomic E-state index is -0.599. The van der Waals surface area contributed by atoms with E-state index in [0.717, 1.165) is 25.7 Å². The van der Waals surface area contributed by atoms with Crippen molar-refractivity contribution in [1.82, 2.24) is 15.3 Å². The minimum absolute atomic E-state index is 0.101. The largest absolute Gasteiger partial charge is 0.381 e. The predicted molar refractivity (Wildman–Crippen MR) is 147 cm³/mol. The molecule has 9 nitrogen and oxygen atoms in total. The van der Waals surface area contributed by atoms with Crippen molar-refractivity contribution in [2.45, 2.75) is 63.3 Å². The molecule has 3 fully saturated rings. The van der Waals surface area contributed by atoms with Gasteiger partial charge in [0.05, 0.1) is 35.4 Å². The monoisotopic (exact) mass is 558 g/mol. The normalized spacial score (nSPS) is 24.2. The van der Waals surface area contributed by atoms with E-state index in [0.29, 0.717) is 86.5 Å². The molecule has 3 aliphatic rings. The second-order valence-corrected chi connectivity index (χ2v) is 11.2. The molecule has 2 aromatic rings. The maximum absolute atomic E-state index is 14.6. The molecule has 0 atom stereocenters. The number of pyridine rings is 2. The molecule has 2 saturated heterocycles. The van der Waals surface area contributed by atoms with Gasteiger partial charge in [-0.1, -0.05) is 11.6 Å². The number of rotatable bonds is 9. The molecule has 1 saturated carbocycles. The Hall–Kier alpha value is -2.55. The molecule has 0 radical (unpaired) electrons. The van der Waals surface area contributed by atoms with Gasteiger partial charge >= 0.3 is 0 Å². The number of hydrogen-bond donors (Lipinski definition) is 3. The van der Waals surface area contributed by atoms with E-state index in [-0.39, 0.29) is 5.82 Å². The van der Waals surface area contributed by atoms with Crippen LogP contribution in [0, 0.1) is 22.6 Å². The first-order valence-corrected chi connectivity index (χ1v) is 14.1. The van der Waals surface area contributed by atoms with Crippen LogP contribution in [0.2, 0.25) is 5.02 Å². The average Bonchev–Trinajstić information content (AvgIpc) is 3.40. The number of halogens is 2. The highest BCUT2D eigenvalue weighted by Crippen LogP contribution is 2.33. The van der Waals surface area contributed by atoms with Crippen molar-refractivity contribution >= 4 is 23.2 Å². The van der Waals surface area contributed by atoms with Crippen molar-refractivity contribution in [3.63, 3.8) is 0 Å². The predicted octanol–water partition coefficient (Wildman–Crippen LogP) is 4.74. The summed E-state index contributed by atoms with van der Waals surface area (Å²) in [5, 5.41) is 20.3. The Morgan fingerprint density at radius 1 is 1.08 bits per heavy atom. The first-order chi connectivity index (χ1) is 18.9. The number of nitriles is 1. The van der Waals surface area contributed by atoms with E-state index in [2.05, 4.69) is 32.0 Å². The molecule has 2 aliphatic heterocycles. The van der Waals surface area contributed by atoms with Gasteiger partial charge in [0.15, 0.2) is 17.4 Å². The van der Waals surface area contributed by atoms with Crippen LogP contribution in [0.3, 0.4) is 0 Å². The first kappa shape index (κ1) is 28.0. The molecule has 3 N–H and O–H groups in total. The SMILES string of the molecule is CC1(CN[C@H]2CC[C@H](Nc3cc(-c4ccc(F)c(NCC5(C#N)CCOCC5)n4)c(Cl)cn3)CC2)OCCO1. The van der Waals surface area contributed by atoms with Gasteiger partial charge in [-0.15, -0.1) is 0 Å². The Kier molecular flexibility index (Phi) is 8.84. The molecule has 0 aromatic carbocycles. The van der Waals surface area contributed by atoms with Crippen LogP contribution in [0.1, 0.15) is 45.4 Å². The topological polar surface area (TPSA) is 113 Å². The van der Waals surface area contributed by atoms with Crippen LogP contribution < -0.4 is 16.0 Å². The van der Waals surface area contributed by atoms with Gasteiger partial charge in [-0.2, -0.15) is 5.26 Å². The fourth-order valence-corrected chi connectivity index (χ4v) is 5.61. The fraction of sp³-hybridized carbons (Fsp3) is 0.607. The third-order valence-electron chi connectivity index (χ3n) is 7.95. The summed E-state index contributed by atoms with van der Waals surface area (Å²) < 4.78 is 31.4. The van der Waals surface area contributed by atoms with E-state index >= 15 is 0 Å². The van der Waals surface area contributed by atoms with Gasteiger partial charge in [-0.3, -0.25) is 0 Å². The van der Waals surface area contributed by atoms with E-state index in [9.17, 15) is 9.65 Å². The zero-order chi connectivity index (χ0) is 27.3. The number of ether oxygens (including phenoxy) is 3. The second kappa shape index (κ2) is 12.3. The van der Waals surface area contributed by atoms with Crippen molar-refractivity contribution < 1.29 is 18.6 Å². The van der Waals surface area contributed by atoms with Gasteiger partial charge in [0.2, 0.25) is 0 Å². The number of anilines is 2. The van der Waals surface area contributed by atoms with Crippen molar-refractivity contribution in [3.05, 3.63) is 35.2 Å². The number of aromatic nitrogens is 2. The quantitative estimate of drug-likeness (QED) is 0.401. The Labute approximate surface area is 233 Å². The lowest BCUT2D eigenvalue weighted by Gasteiger charge is -2.32. The molecule has 2 aromatic heterocycles. The Morgan fingerprint density at radius 2 is 1.79 bits per heavy atom. The molecule has 0 unspecified atom stereocenters. The molecule has 11 heteroatoms. The van der Waals surface area contributed by atoms with E-state index in [1.165, 1.54) is 6.07 Å². The van der Waals surface area contributed by atoms with Gasteiger partial charge in [-0.05, 0) is 63.6 Å². The standard InChI is InChI=1S/C28H36ClFN6O3/c1-27(38-12-13-39-27)17-33-19-2-4-20(5-3-19)35-25-14-21(22(29)15-32-25)24-7-6-23(30)26(36-24)34-18-28(16-31)8-10-37-11-9-28/h6-7,14-15,19-20,33H,2-5,8-13,17-18H2,1H3,(H,32,35)(H,34,36)/t19-,20-. The highest BCUT2D eigenvalue weighted by Gasteiger charge is 2.33. The molecular formula is C28H36ClFN6O3. The highest BCUT2D eigenvalue weighted by atomic mass is 35.5. The van der Waals surface area contributed by atoms with E-state index in [4.69, 9.17) is 25.8 Å². The van der Waals surface area contributed by atoms with Crippen LogP contribution in [0.5, 0.6) is 0 Å². The van der Waals surface area contributed by atoms with Crippen LogP contribution >= 0.6 is 11.6 Å². The highest BCUT2D eigenvalue weighted by molar-refractivity contribution is 6.33. The van der Waals surface area contributed by atoms with Crippen molar-refractivity contribution in [3.8, 4) is 17.3 Å². The average molecular weight is 559 g/mol. The van der Waals surface area contributed by atoms with E-state index < -0.39 is 17.0 Å². The summed E-state index contributed by atoms with van der Waals surface area (Å²) in [7, 11) is 0. The fourth-order valence-electron chi connectivity index (χ4n) is 5.41. The summed E-state index contributed by atoms with van der Waals surface area (Å²) in [6.45, 7) is 5.30. The van der Waals surface area contributed by atoms with Crippen molar-refractivity contribution in [2.75, 3.05) is 50.2 Å². The molecular weight excluding hydrogens is 523 g/mol. The van der Waals surface area contributed by atoms with E-state index in [1.54, 1.807) is 12.3 Å². The third kappa shape index (κ3) is 6.97. The first-order valence-electron chi connectivity index (χ1n) is 13.7. The van der Waals surface area contributed by atoms with Crippen LogP contribution in [-0.2, 0) is 14.2 Å². The van der Waals surface area contributed by atoms with Crippen molar-refractivity contribution in [2.24, 2.45) is 5.41 Å². The zero-order valence-corrected chi connectivity index (χ0v) is 23.0. The van der Waals surface area contributed by atoms with Crippen LogP contribution in [0.4, 0.5) is 16.0 Å². The van der Waals surface area contributed by atoms with Gasteiger partial charge in [0.25, 0.3) is 0 Å². The van der Waals surface area contributed by atoms with Crippen LogP contribution in [-0.4, -0.2) is 67.4 Å². The van der Waals surface area contributed by atoms with Gasteiger partial charge in [0, 0.05) is 50.1 Å². The summed E-state index contributed by atoms with van der Waals surface area (Å²) >= 11 is 6.50. The molecule has 39 heavy (non-hydrogen) atoms. The maximum Gasteiger partial charge on any atom is 0.178 e. The summed E-state index contributed by atoms with van der Waals surface area (Å²) in [5.74, 6) is -0.195. The summed E-state index contributed by atoms with van der Waals surface area (Å²) in [6.07, 6.45) is 6.89. The smallest absolute Gasteiger partial charge is 0.178 e. The molecule has 1 aliphatic carbocycles. The summed E-state index contributed by atoms with van der Waals surface area (Å²) in [6, 6.07) is 7.94. The molecule has 0 bridgehead atoms. The number of nitrogens with one attached hydrogen (secondary N) is 3. The van der Waals surface area contributed by atoms with Crippen LogP contribution in [0.25, 0.3) is 11.3 Å². The Bertz CT molecular complexity index is 1170. The summed E-state index contributed by atoms with van der Waals surface area (Å²) in [5.41, 5.74) is 0.599. The maximum atomic E-state index is 14.6. The minimum Gasteiger partial charge on any atom is -0.381 e. The third-order valence-corrected chi connectivity index (χ3v) is 8.25. The molecule has 5 rings (SSSR count). The molecule has 0 amide bonds. The molecule has 4 heterocycles. The van der Waals surface area contributed by atoms with Gasteiger partial charge in [0.1, 0.15) is 5.82 Å². The zero-order valence-electron chi connectivity index (χ0n) is 22.3. The molecule has 210 valence electrons.